The van der Waals surface area contributed by atoms with E-state index in [1.807, 2.05) is 0 Å². The molecule has 19 heavy (non-hydrogen) atoms. The zero-order chi connectivity index (χ0) is 14.6. The average Bonchev–Trinajstić information content (AvgIpc) is 2.31. The number of carboxylic acid groups (broad SMARTS) is 1. The van der Waals surface area contributed by atoms with Crippen LogP contribution in [0.3, 0.4) is 0 Å². The number of rotatable bonds is 6. The molecule has 1 unspecified atom stereocenters. The van der Waals surface area contributed by atoms with E-state index < -0.39 is 21.9 Å². The third-order valence-electron chi connectivity index (χ3n) is 2.72. The van der Waals surface area contributed by atoms with Crippen LogP contribution >= 0.6 is 15.9 Å². The number of nitrogens with zero attached hydrogens (tertiary/aromatic N) is 1. The topological polar surface area (TPSA) is 74.7 Å². The second-order valence-corrected chi connectivity index (χ2v) is 7.30. The molecule has 0 aromatic heterocycles. The second-order valence-electron chi connectivity index (χ2n) is 4.37. The number of hydrogen-bond donors (Lipinski definition) is 1. The molecule has 5 nitrogen and oxygen atoms in total. The Morgan fingerprint density at radius 2 is 2.00 bits per heavy atom. The lowest BCUT2D eigenvalue weighted by atomic mass is 10.2. The fraction of sp³-hybridized carbons (Fsp3) is 0.417. The molecule has 1 N–H and O–H groups in total. The summed E-state index contributed by atoms with van der Waals surface area (Å²) < 4.78 is 26.1. The van der Waals surface area contributed by atoms with E-state index in [9.17, 15) is 13.2 Å². The summed E-state index contributed by atoms with van der Waals surface area (Å²) in [5.41, 5.74) is 0.650. The molecular weight excluding hydrogens is 334 g/mol. The predicted molar refractivity (Wildman–Crippen MR) is 76.2 cm³/mol. The van der Waals surface area contributed by atoms with Gasteiger partial charge in [0.1, 0.15) is 0 Å². The first-order valence-corrected chi connectivity index (χ1v) is 8.04. The van der Waals surface area contributed by atoms with Gasteiger partial charge in [-0.05, 0) is 11.6 Å². The summed E-state index contributed by atoms with van der Waals surface area (Å²) in [6, 6.07) is 7.05. The van der Waals surface area contributed by atoms with Crippen molar-refractivity contribution in [2.75, 3.05) is 13.6 Å². The minimum atomic E-state index is -3.52. The van der Waals surface area contributed by atoms with Gasteiger partial charge < -0.3 is 5.11 Å². The molecule has 0 heterocycles. The molecule has 1 aromatic rings. The second kappa shape index (κ2) is 6.49. The van der Waals surface area contributed by atoms with Gasteiger partial charge in [0.05, 0.1) is 11.7 Å². The van der Waals surface area contributed by atoms with E-state index in [1.54, 1.807) is 24.3 Å². The lowest BCUT2D eigenvalue weighted by Gasteiger charge is -2.19. The van der Waals surface area contributed by atoms with Crippen LogP contribution in [0.4, 0.5) is 0 Å². The summed E-state index contributed by atoms with van der Waals surface area (Å²) >= 11 is 3.30. The van der Waals surface area contributed by atoms with E-state index in [0.717, 1.165) is 8.78 Å². The van der Waals surface area contributed by atoms with Crippen molar-refractivity contribution in [3.63, 3.8) is 0 Å². The minimum absolute atomic E-state index is 0.0396. The lowest BCUT2D eigenvalue weighted by molar-refractivity contribution is -0.141. The van der Waals surface area contributed by atoms with E-state index in [-0.39, 0.29) is 12.3 Å². The summed E-state index contributed by atoms with van der Waals surface area (Å²) in [6.45, 7) is 1.44. The number of benzene rings is 1. The Hall–Kier alpha value is -0.920. The van der Waals surface area contributed by atoms with Gasteiger partial charge in [-0.3, -0.25) is 4.79 Å². The van der Waals surface area contributed by atoms with Crippen molar-refractivity contribution in [3.8, 4) is 0 Å². The van der Waals surface area contributed by atoms with Crippen molar-refractivity contribution >= 4 is 31.9 Å². The number of sulfonamides is 1. The van der Waals surface area contributed by atoms with Crippen molar-refractivity contribution in [2.24, 2.45) is 5.92 Å². The fourth-order valence-electron chi connectivity index (χ4n) is 1.50. The highest BCUT2D eigenvalue weighted by atomic mass is 79.9. The van der Waals surface area contributed by atoms with Gasteiger partial charge in [0, 0.05) is 18.1 Å². The maximum atomic E-state index is 12.1. The van der Waals surface area contributed by atoms with Crippen LogP contribution in [0.1, 0.15) is 12.5 Å². The van der Waals surface area contributed by atoms with Crippen molar-refractivity contribution in [1.29, 1.82) is 0 Å². The highest BCUT2D eigenvalue weighted by Crippen LogP contribution is 2.20. The van der Waals surface area contributed by atoms with Gasteiger partial charge in [-0.25, -0.2) is 12.7 Å². The highest BCUT2D eigenvalue weighted by molar-refractivity contribution is 9.10. The largest absolute Gasteiger partial charge is 0.481 e. The van der Waals surface area contributed by atoms with E-state index >= 15 is 0 Å². The standard InChI is InChI=1S/C12H16BrNO4S/c1-9(12(15)16)7-14(2)19(17,18)8-10-5-3-4-6-11(10)13/h3-6,9H,7-8H2,1-2H3,(H,15,16). The molecule has 7 heteroatoms. The maximum Gasteiger partial charge on any atom is 0.307 e. The predicted octanol–water partition coefficient (Wildman–Crippen LogP) is 1.93. The Bertz CT molecular complexity index is 559. The van der Waals surface area contributed by atoms with Gasteiger partial charge in [0.15, 0.2) is 0 Å². The Morgan fingerprint density at radius 1 is 1.42 bits per heavy atom. The van der Waals surface area contributed by atoms with Gasteiger partial charge in [-0.1, -0.05) is 41.1 Å². The number of hydrogen-bond acceptors (Lipinski definition) is 3. The zero-order valence-corrected chi connectivity index (χ0v) is 13.1. The first-order valence-electron chi connectivity index (χ1n) is 5.64. The highest BCUT2D eigenvalue weighted by Gasteiger charge is 2.23. The van der Waals surface area contributed by atoms with Crippen molar-refractivity contribution in [2.45, 2.75) is 12.7 Å². The summed E-state index contributed by atoms with van der Waals surface area (Å²) in [5, 5.41) is 8.80. The van der Waals surface area contributed by atoms with Crippen molar-refractivity contribution < 1.29 is 18.3 Å². The molecule has 1 aromatic carbocycles. The third kappa shape index (κ3) is 4.59. The van der Waals surface area contributed by atoms with Crippen LogP contribution in [0.15, 0.2) is 28.7 Å². The number of carbonyl (C=O) groups is 1. The molecule has 0 aliphatic rings. The van der Waals surface area contributed by atoms with Crippen molar-refractivity contribution in [3.05, 3.63) is 34.3 Å². The van der Waals surface area contributed by atoms with Gasteiger partial charge in [0.25, 0.3) is 0 Å². The van der Waals surface area contributed by atoms with Crippen LogP contribution in [0, 0.1) is 5.92 Å². The first kappa shape index (κ1) is 16.1. The molecule has 0 amide bonds. The Kier molecular flexibility index (Phi) is 5.51. The van der Waals surface area contributed by atoms with Crippen LogP contribution in [0.5, 0.6) is 0 Å². The molecular formula is C12H16BrNO4S. The fourth-order valence-corrected chi connectivity index (χ4v) is 3.43. The summed E-state index contributed by atoms with van der Waals surface area (Å²) in [7, 11) is -2.13. The van der Waals surface area contributed by atoms with Gasteiger partial charge in [-0.2, -0.15) is 0 Å². The number of carboxylic acids is 1. The molecule has 0 saturated carbocycles. The molecule has 0 radical (unpaired) electrons. The van der Waals surface area contributed by atoms with E-state index in [4.69, 9.17) is 5.11 Å². The Balaban J connectivity index is 2.82. The van der Waals surface area contributed by atoms with Crippen LogP contribution < -0.4 is 0 Å². The van der Waals surface area contributed by atoms with Crippen LogP contribution in [-0.4, -0.2) is 37.4 Å². The van der Waals surface area contributed by atoms with Gasteiger partial charge in [0.2, 0.25) is 10.0 Å². The molecule has 0 fully saturated rings. The van der Waals surface area contributed by atoms with E-state index in [2.05, 4.69) is 15.9 Å². The quantitative estimate of drug-likeness (QED) is 0.851. The van der Waals surface area contributed by atoms with Crippen LogP contribution in [-0.2, 0) is 20.6 Å². The van der Waals surface area contributed by atoms with Gasteiger partial charge >= 0.3 is 5.97 Å². The van der Waals surface area contributed by atoms with E-state index in [0.29, 0.717) is 5.56 Å². The maximum absolute atomic E-state index is 12.1. The third-order valence-corrected chi connectivity index (χ3v) is 5.27. The normalized spacial score (nSPS) is 13.5. The molecule has 0 spiro atoms. The molecule has 1 rings (SSSR count). The van der Waals surface area contributed by atoms with Crippen molar-refractivity contribution in [1.82, 2.24) is 4.31 Å². The monoisotopic (exact) mass is 349 g/mol. The zero-order valence-electron chi connectivity index (χ0n) is 10.7. The first-order chi connectivity index (χ1) is 8.74. The number of halogens is 1. The van der Waals surface area contributed by atoms with E-state index in [1.165, 1.54) is 14.0 Å². The SMILES string of the molecule is CC(CN(C)S(=O)(=O)Cc1ccccc1Br)C(=O)O. The molecule has 0 saturated heterocycles. The molecule has 106 valence electrons. The smallest absolute Gasteiger partial charge is 0.307 e. The Morgan fingerprint density at radius 3 is 2.53 bits per heavy atom. The lowest BCUT2D eigenvalue weighted by Crippen LogP contribution is -2.34. The van der Waals surface area contributed by atoms with Crippen LogP contribution in [0.2, 0.25) is 0 Å². The summed E-state index contributed by atoms with van der Waals surface area (Å²) in [4.78, 5) is 10.7. The summed E-state index contributed by atoms with van der Waals surface area (Å²) in [5.74, 6) is -1.90. The van der Waals surface area contributed by atoms with Crippen LogP contribution in [0.25, 0.3) is 0 Å². The molecule has 0 aliphatic carbocycles. The molecule has 1 atom stereocenters. The Labute approximate surface area is 121 Å². The van der Waals surface area contributed by atoms with Gasteiger partial charge in [-0.15, -0.1) is 0 Å². The minimum Gasteiger partial charge on any atom is -0.481 e. The number of aliphatic carboxylic acids is 1. The average molecular weight is 350 g/mol. The summed E-state index contributed by atoms with van der Waals surface area (Å²) in [6.07, 6.45) is 0. The molecule has 0 bridgehead atoms. The molecule has 0 aliphatic heterocycles.